The number of piperazine rings is 1. The van der Waals surface area contributed by atoms with Crippen molar-refractivity contribution < 1.29 is 13.9 Å². The fourth-order valence-corrected chi connectivity index (χ4v) is 3.36. The molecule has 2 aromatic rings. The number of halogens is 1. The first-order chi connectivity index (χ1) is 13.7. The molecule has 0 spiro atoms. The molecular formula is C23H27FN2O2. The number of amides is 1. The summed E-state index contributed by atoms with van der Waals surface area (Å²) in [6.07, 6.45) is 5.25. The van der Waals surface area contributed by atoms with Gasteiger partial charge in [0.15, 0.2) is 11.6 Å². The number of nitrogens with zero attached hydrogens (tertiary/aromatic N) is 2. The van der Waals surface area contributed by atoms with Crippen molar-refractivity contribution in [2.24, 2.45) is 0 Å². The van der Waals surface area contributed by atoms with Crippen LogP contribution in [0.4, 0.5) is 4.39 Å². The van der Waals surface area contributed by atoms with Crippen molar-refractivity contribution in [3.63, 3.8) is 0 Å². The lowest BCUT2D eigenvalue weighted by Gasteiger charge is -2.34. The van der Waals surface area contributed by atoms with E-state index in [0.29, 0.717) is 12.8 Å². The second kappa shape index (κ2) is 10.0. The number of hydrogen-bond acceptors (Lipinski definition) is 3. The average molecular weight is 382 g/mol. The van der Waals surface area contributed by atoms with Gasteiger partial charge < -0.3 is 9.64 Å². The van der Waals surface area contributed by atoms with Crippen LogP contribution >= 0.6 is 0 Å². The smallest absolute Gasteiger partial charge is 0.222 e. The monoisotopic (exact) mass is 382 g/mol. The molecule has 2 aromatic carbocycles. The molecule has 1 aliphatic heterocycles. The van der Waals surface area contributed by atoms with Gasteiger partial charge in [-0.3, -0.25) is 9.69 Å². The molecule has 148 valence electrons. The largest absolute Gasteiger partial charge is 0.494 e. The maximum Gasteiger partial charge on any atom is 0.222 e. The number of aryl methyl sites for hydroxylation is 1. The number of carbonyl (C=O) groups excluding carboxylic acids is 1. The lowest BCUT2D eigenvalue weighted by Crippen LogP contribution is -2.48. The summed E-state index contributed by atoms with van der Waals surface area (Å²) in [6.45, 7) is 4.14. The minimum absolute atomic E-state index is 0.135. The van der Waals surface area contributed by atoms with Gasteiger partial charge in [0.2, 0.25) is 5.91 Å². The maximum absolute atomic E-state index is 13.8. The van der Waals surface area contributed by atoms with Gasteiger partial charge in [0.05, 0.1) is 7.11 Å². The normalized spacial score (nSPS) is 15.1. The molecule has 3 rings (SSSR count). The average Bonchev–Trinajstić information content (AvgIpc) is 2.73. The van der Waals surface area contributed by atoms with E-state index >= 15 is 0 Å². The zero-order valence-electron chi connectivity index (χ0n) is 16.3. The van der Waals surface area contributed by atoms with Crippen molar-refractivity contribution in [3.05, 3.63) is 71.6 Å². The van der Waals surface area contributed by atoms with Crippen LogP contribution in [0, 0.1) is 5.82 Å². The minimum Gasteiger partial charge on any atom is -0.494 e. The van der Waals surface area contributed by atoms with Gasteiger partial charge in [0.25, 0.3) is 0 Å². The predicted octanol–water partition coefficient (Wildman–Crippen LogP) is 3.62. The molecule has 0 atom stereocenters. The second-order valence-corrected chi connectivity index (χ2v) is 6.96. The fourth-order valence-electron chi connectivity index (χ4n) is 3.36. The van der Waals surface area contributed by atoms with Crippen LogP contribution in [-0.2, 0) is 11.2 Å². The third-order valence-corrected chi connectivity index (χ3v) is 5.04. The molecule has 4 nitrogen and oxygen atoms in total. The Kier molecular flexibility index (Phi) is 7.20. The molecule has 1 heterocycles. The first-order valence-corrected chi connectivity index (χ1v) is 9.70. The topological polar surface area (TPSA) is 32.8 Å². The van der Waals surface area contributed by atoms with Crippen molar-refractivity contribution >= 4 is 12.0 Å². The van der Waals surface area contributed by atoms with Gasteiger partial charge in [-0.15, -0.1) is 0 Å². The highest BCUT2D eigenvalue weighted by Crippen LogP contribution is 2.19. The molecule has 28 heavy (non-hydrogen) atoms. The van der Waals surface area contributed by atoms with Gasteiger partial charge in [0, 0.05) is 39.1 Å². The quantitative estimate of drug-likeness (QED) is 0.733. The lowest BCUT2D eigenvalue weighted by molar-refractivity contribution is -0.132. The van der Waals surface area contributed by atoms with Crippen LogP contribution in [0.25, 0.3) is 6.08 Å². The Morgan fingerprint density at radius 3 is 2.54 bits per heavy atom. The molecule has 1 aliphatic rings. The molecule has 0 radical (unpaired) electrons. The third-order valence-electron chi connectivity index (χ3n) is 5.04. The van der Waals surface area contributed by atoms with E-state index < -0.39 is 0 Å². The Balaban J connectivity index is 1.40. The molecule has 1 saturated heterocycles. The number of ether oxygens (including phenoxy) is 1. The summed E-state index contributed by atoms with van der Waals surface area (Å²) < 4.78 is 18.7. The SMILES string of the molecule is COc1ccc(CCC(=O)N2CCN(C/C=C/c3ccccc3)CC2)cc1F. The Morgan fingerprint density at radius 2 is 1.86 bits per heavy atom. The lowest BCUT2D eigenvalue weighted by atomic mass is 10.1. The molecule has 0 aliphatic carbocycles. The molecule has 0 saturated carbocycles. The van der Waals surface area contributed by atoms with Gasteiger partial charge in [-0.05, 0) is 29.7 Å². The summed E-state index contributed by atoms with van der Waals surface area (Å²) in [6, 6.07) is 15.1. The van der Waals surface area contributed by atoms with E-state index in [9.17, 15) is 9.18 Å². The number of rotatable bonds is 7. The molecule has 0 bridgehead atoms. The van der Waals surface area contributed by atoms with E-state index in [1.54, 1.807) is 6.07 Å². The van der Waals surface area contributed by atoms with Crippen molar-refractivity contribution in [1.29, 1.82) is 0 Å². The maximum atomic E-state index is 13.8. The summed E-state index contributed by atoms with van der Waals surface area (Å²) in [5, 5.41) is 0. The highest BCUT2D eigenvalue weighted by Gasteiger charge is 2.20. The third kappa shape index (κ3) is 5.67. The molecule has 0 aromatic heterocycles. The summed E-state index contributed by atoms with van der Waals surface area (Å²) in [7, 11) is 1.44. The Hall–Kier alpha value is -2.66. The van der Waals surface area contributed by atoms with Crippen LogP contribution < -0.4 is 4.74 Å². The first-order valence-electron chi connectivity index (χ1n) is 9.70. The standard InChI is InChI=1S/C23H27FN2O2/c1-28-22-11-9-20(18-21(22)24)10-12-23(27)26-16-14-25(15-17-26)13-5-8-19-6-3-2-4-7-19/h2-9,11,18H,10,12-17H2,1H3/b8-5+. The summed E-state index contributed by atoms with van der Waals surface area (Å²) in [4.78, 5) is 16.7. The van der Waals surface area contributed by atoms with Crippen molar-refractivity contribution in [3.8, 4) is 5.75 Å². The van der Waals surface area contributed by atoms with Crippen molar-refractivity contribution in [1.82, 2.24) is 9.80 Å². The zero-order valence-corrected chi connectivity index (χ0v) is 16.3. The van der Waals surface area contributed by atoms with Crippen molar-refractivity contribution in [2.75, 3.05) is 39.8 Å². The molecule has 5 heteroatoms. The summed E-state index contributed by atoms with van der Waals surface area (Å²) in [5.41, 5.74) is 2.02. The Morgan fingerprint density at radius 1 is 1.11 bits per heavy atom. The van der Waals surface area contributed by atoms with E-state index in [2.05, 4.69) is 29.2 Å². The number of hydrogen-bond donors (Lipinski definition) is 0. The first kappa shape index (κ1) is 20.1. The summed E-state index contributed by atoms with van der Waals surface area (Å²) in [5.74, 6) is -0.0205. The van der Waals surface area contributed by atoms with E-state index in [-0.39, 0.29) is 17.5 Å². The van der Waals surface area contributed by atoms with Gasteiger partial charge >= 0.3 is 0 Å². The van der Waals surface area contributed by atoms with Gasteiger partial charge in [-0.2, -0.15) is 0 Å². The molecule has 0 N–H and O–H groups in total. The van der Waals surface area contributed by atoms with E-state index in [0.717, 1.165) is 38.3 Å². The minimum atomic E-state index is -0.385. The van der Waals surface area contributed by atoms with Crippen LogP contribution in [0.5, 0.6) is 5.75 Å². The Labute approximate surface area is 166 Å². The van der Waals surface area contributed by atoms with Crippen LogP contribution in [0.1, 0.15) is 17.5 Å². The van der Waals surface area contributed by atoms with Crippen LogP contribution in [0.3, 0.4) is 0 Å². The van der Waals surface area contributed by atoms with E-state index in [1.165, 1.54) is 18.7 Å². The molecule has 0 unspecified atom stereocenters. The van der Waals surface area contributed by atoms with Crippen LogP contribution in [-0.4, -0.2) is 55.5 Å². The Bertz CT molecular complexity index is 800. The van der Waals surface area contributed by atoms with Crippen LogP contribution in [0.2, 0.25) is 0 Å². The second-order valence-electron chi connectivity index (χ2n) is 6.96. The fraction of sp³-hybridized carbons (Fsp3) is 0.348. The molecule has 1 fully saturated rings. The highest BCUT2D eigenvalue weighted by atomic mass is 19.1. The van der Waals surface area contributed by atoms with Gasteiger partial charge in [0.1, 0.15) is 0 Å². The van der Waals surface area contributed by atoms with E-state index in [1.807, 2.05) is 29.2 Å². The molecular weight excluding hydrogens is 355 g/mol. The molecule has 1 amide bonds. The van der Waals surface area contributed by atoms with Gasteiger partial charge in [-0.1, -0.05) is 48.6 Å². The number of benzene rings is 2. The van der Waals surface area contributed by atoms with E-state index in [4.69, 9.17) is 4.74 Å². The van der Waals surface area contributed by atoms with Crippen molar-refractivity contribution in [2.45, 2.75) is 12.8 Å². The zero-order chi connectivity index (χ0) is 19.8. The predicted molar refractivity (Wildman–Crippen MR) is 110 cm³/mol. The van der Waals surface area contributed by atoms with Gasteiger partial charge in [-0.25, -0.2) is 4.39 Å². The number of carbonyl (C=O) groups is 1. The van der Waals surface area contributed by atoms with Crippen LogP contribution in [0.15, 0.2) is 54.6 Å². The highest BCUT2D eigenvalue weighted by molar-refractivity contribution is 5.76. The summed E-state index contributed by atoms with van der Waals surface area (Å²) >= 11 is 0. The number of methoxy groups -OCH3 is 1.